The summed E-state index contributed by atoms with van der Waals surface area (Å²) in [6.07, 6.45) is 0.799. The van der Waals surface area contributed by atoms with Gasteiger partial charge in [-0.3, -0.25) is 4.79 Å². The van der Waals surface area contributed by atoms with Crippen molar-refractivity contribution >= 4 is 11.9 Å². The summed E-state index contributed by atoms with van der Waals surface area (Å²) in [6, 6.07) is 6.77. The Hall–Kier alpha value is -1.88. The first-order valence-electron chi connectivity index (χ1n) is 6.76. The van der Waals surface area contributed by atoms with Crippen molar-refractivity contribution < 1.29 is 14.7 Å². The van der Waals surface area contributed by atoms with E-state index in [0.717, 1.165) is 11.1 Å². The van der Waals surface area contributed by atoms with E-state index in [1.807, 2.05) is 31.2 Å². The second kappa shape index (κ2) is 5.25. The number of carboxylic acids is 1. The first-order chi connectivity index (χ1) is 9.36. The summed E-state index contributed by atoms with van der Waals surface area (Å²) in [5.74, 6) is -1.29. The second-order valence-corrected chi connectivity index (χ2v) is 5.53. The molecule has 1 amide bonds. The number of rotatable bonds is 3. The number of hydrogen-bond donors (Lipinski definition) is 2. The van der Waals surface area contributed by atoms with Gasteiger partial charge < -0.3 is 15.7 Å². The smallest absolute Gasteiger partial charge is 0.326 e. The largest absolute Gasteiger partial charge is 0.480 e. The van der Waals surface area contributed by atoms with Crippen LogP contribution in [0.15, 0.2) is 24.3 Å². The lowest BCUT2D eigenvalue weighted by Gasteiger charge is -2.38. The molecule has 20 heavy (non-hydrogen) atoms. The monoisotopic (exact) mass is 276 g/mol. The van der Waals surface area contributed by atoms with Gasteiger partial charge in [0.2, 0.25) is 5.91 Å². The van der Waals surface area contributed by atoms with Gasteiger partial charge in [-0.15, -0.1) is 0 Å². The lowest BCUT2D eigenvalue weighted by molar-refractivity contribution is -0.153. The molecule has 0 radical (unpaired) electrons. The number of carboxylic acid groups (broad SMARTS) is 1. The van der Waals surface area contributed by atoms with Crippen LogP contribution in [-0.4, -0.2) is 33.5 Å². The molecule has 1 aliphatic rings. The normalized spacial score (nSPS) is 20.9. The number of hydrogen-bond acceptors (Lipinski definition) is 3. The van der Waals surface area contributed by atoms with Crippen LogP contribution in [0.4, 0.5) is 0 Å². The number of benzene rings is 1. The van der Waals surface area contributed by atoms with Gasteiger partial charge >= 0.3 is 5.97 Å². The van der Waals surface area contributed by atoms with Gasteiger partial charge in [0, 0.05) is 13.0 Å². The summed E-state index contributed by atoms with van der Waals surface area (Å²) < 4.78 is 0. The van der Waals surface area contributed by atoms with Crippen molar-refractivity contribution in [1.82, 2.24) is 4.90 Å². The maximum atomic E-state index is 12.5. The van der Waals surface area contributed by atoms with Crippen molar-refractivity contribution in [3.8, 4) is 0 Å². The molecule has 0 bridgehead atoms. The minimum Gasteiger partial charge on any atom is -0.480 e. The van der Waals surface area contributed by atoms with Crippen LogP contribution < -0.4 is 5.73 Å². The molecule has 0 fully saturated rings. The van der Waals surface area contributed by atoms with Gasteiger partial charge in [-0.05, 0) is 24.5 Å². The highest BCUT2D eigenvalue weighted by Gasteiger charge is 2.40. The van der Waals surface area contributed by atoms with E-state index < -0.39 is 17.6 Å². The molecule has 1 aromatic rings. The van der Waals surface area contributed by atoms with Gasteiger partial charge in [0.05, 0.1) is 5.54 Å². The fourth-order valence-corrected chi connectivity index (χ4v) is 2.44. The van der Waals surface area contributed by atoms with Crippen molar-refractivity contribution in [2.24, 2.45) is 5.73 Å². The molecule has 0 saturated carbocycles. The zero-order valence-electron chi connectivity index (χ0n) is 11.8. The van der Waals surface area contributed by atoms with Crippen LogP contribution in [0.5, 0.6) is 0 Å². The maximum absolute atomic E-state index is 12.5. The topological polar surface area (TPSA) is 83.6 Å². The summed E-state index contributed by atoms with van der Waals surface area (Å²) in [7, 11) is 0. The van der Waals surface area contributed by atoms with E-state index in [-0.39, 0.29) is 5.91 Å². The van der Waals surface area contributed by atoms with Crippen LogP contribution in [0.3, 0.4) is 0 Å². The molecule has 0 spiro atoms. The highest BCUT2D eigenvalue weighted by atomic mass is 16.4. The quantitative estimate of drug-likeness (QED) is 0.867. The fraction of sp³-hybridized carbons (Fsp3) is 0.467. The molecular formula is C15H20N2O3. The van der Waals surface area contributed by atoms with E-state index in [9.17, 15) is 14.7 Å². The molecular weight excluding hydrogens is 256 g/mol. The molecule has 5 heteroatoms. The van der Waals surface area contributed by atoms with E-state index in [4.69, 9.17) is 5.73 Å². The third-order valence-corrected chi connectivity index (χ3v) is 4.02. The standard InChI is InChI=1S/C15H20N2O3/c1-3-15(2,16)14(20)17-9-11-7-5-4-6-10(11)8-12(17)13(18)19/h4-7,12H,3,8-9,16H2,1-2H3,(H,18,19)/t12-,15?/m1/s1. The Labute approximate surface area is 118 Å². The number of nitrogens with two attached hydrogens (primary N) is 1. The van der Waals surface area contributed by atoms with Crippen molar-refractivity contribution in [1.29, 1.82) is 0 Å². The van der Waals surface area contributed by atoms with E-state index in [0.29, 0.717) is 19.4 Å². The zero-order valence-corrected chi connectivity index (χ0v) is 11.8. The summed E-state index contributed by atoms with van der Waals surface area (Å²) in [5, 5.41) is 9.39. The van der Waals surface area contributed by atoms with Crippen LogP contribution in [0, 0.1) is 0 Å². The predicted octanol–water partition coefficient (Wildman–Crippen LogP) is 1.15. The number of carbonyl (C=O) groups excluding carboxylic acids is 1. The first kappa shape index (κ1) is 14.5. The van der Waals surface area contributed by atoms with Crippen LogP contribution in [0.1, 0.15) is 31.4 Å². The lowest BCUT2D eigenvalue weighted by atomic mass is 9.90. The van der Waals surface area contributed by atoms with Crippen molar-refractivity contribution in [3.63, 3.8) is 0 Å². The van der Waals surface area contributed by atoms with Crippen LogP contribution in [-0.2, 0) is 22.6 Å². The molecule has 5 nitrogen and oxygen atoms in total. The lowest BCUT2D eigenvalue weighted by Crippen LogP contribution is -2.58. The molecule has 2 rings (SSSR count). The first-order valence-corrected chi connectivity index (χ1v) is 6.76. The zero-order chi connectivity index (χ0) is 14.9. The Balaban J connectivity index is 2.36. The van der Waals surface area contributed by atoms with Crippen LogP contribution in [0.2, 0.25) is 0 Å². The summed E-state index contributed by atoms with van der Waals surface area (Å²) in [5.41, 5.74) is 6.94. The minimum atomic E-state index is -1.03. The molecule has 3 N–H and O–H groups in total. The number of fused-ring (bicyclic) bond motifs is 1. The third kappa shape index (κ3) is 2.54. The average Bonchev–Trinajstić information content (AvgIpc) is 2.44. The van der Waals surface area contributed by atoms with Gasteiger partial charge in [0.25, 0.3) is 0 Å². The molecule has 2 atom stereocenters. The van der Waals surface area contributed by atoms with E-state index >= 15 is 0 Å². The maximum Gasteiger partial charge on any atom is 0.326 e. The van der Waals surface area contributed by atoms with Crippen LogP contribution >= 0.6 is 0 Å². The second-order valence-electron chi connectivity index (χ2n) is 5.53. The summed E-state index contributed by atoms with van der Waals surface area (Å²) >= 11 is 0. The average molecular weight is 276 g/mol. The van der Waals surface area contributed by atoms with Gasteiger partial charge in [0.15, 0.2) is 0 Å². The third-order valence-electron chi connectivity index (χ3n) is 4.02. The van der Waals surface area contributed by atoms with Crippen molar-refractivity contribution in [2.75, 3.05) is 0 Å². The fourth-order valence-electron chi connectivity index (χ4n) is 2.44. The number of amides is 1. The highest BCUT2D eigenvalue weighted by Crippen LogP contribution is 2.26. The molecule has 0 saturated heterocycles. The molecule has 1 unspecified atom stereocenters. The molecule has 1 aromatic carbocycles. The molecule has 0 aromatic heterocycles. The summed E-state index contributed by atoms with van der Waals surface area (Å²) in [4.78, 5) is 25.4. The number of carbonyl (C=O) groups is 2. The van der Waals surface area contributed by atoms with Gasteiger partial charge in [0.1, 0.15) is 6.04 Å². The Morgan fingerprint density at radius 2 is 2.00 bits per heavy atom. The number of aliphatic carboxylic acids is 1. The SMILES string of the molecule is CCC(C)(N)C(=O)N1Cc2ccccc2C[C@@H]1C(=O)O. The van der Waals surface area contributed by atoms with E-state index in [2.05, 4.69) is 0 Å². The molecule has 1 heterocycles. The molecule has 1 aliphatic heterocycles. The van der Waals surface area contributed by atoms with Gasteiger partial charge in [-0.1, -0.05) is 31.2 Å². The molecule has 0 aliphatic carbocycles. The van der Waals surface area contributed by atoms with Crippen LogP contribution in [0.25, 0.3) is 0 Å². The predicted molar refractivity (Wildman–Crippen MR) is 75.0 cm³/mol. The Kier molecular flexibility index (Phi) is 3.81. The van der Waals surface area contributed by atoms with Gasteiger partial charge in [-0.25, -0.2) is 4.79 Å². The Morgan fingerprint density at radius 3 is 2.55 bits per heavy atom. The van der Waals surface area contributed by atoms with Crippen molar-refractivity contribution in [3.05, 3.63) is 35.4 Å². The molecule has 108 valence electrons. The minimum absolute atomic E-state index is 0.304. The highest BCUT2D eigenvalue weighted by molar-refractivity contribution is 5.90. The van der Waals surface area contributed by atoms with Gasteiger partial charge in [-0.2, -0.15) is 0 Å². The van der Waals surface area contributed by atoms with E-state index in [1.54, 1.807) is 6.92 Å². The Morgan fingerprint density at radius 1 is 1.40 bits per heavy atom. The van der Waals surface area contributed by atoms with Crippen molar-refractivity contribution in [2.45, 2.75) is 44.8 Å². The van der Waals surface area contributed by atoms with E-state index in [1.165, 1.54) is 4.90 Å². The number of nitrogens with zero attached hydrogens (tertiary/aromatic N) is 1. The summed E-state index contributed by atoms with van der Waals surface area (Å²) in [6.45, 7) is 3.78. The Bertz CT molecular complexity index is 540.